The van der Waals surface area contributed by atoms with Gasteiger partial charge in [0.05, 0.1) is 11.9 Å². The topological polar surface area (TPSA) is 46.9 Å². The molecule has 5 heteroatoms. The van der Waals surface area contributed by atoms with Gasteiger partial charge >= 0.3 is 0 Å². The Hall–Kier alpha value is -1.62. The second kappa shape index (κ2) is 5.57. The average Bonchev–Trinajstić information content (AvgIpc) is 2.40. The molecule has 2 aromatic rings. The second-order valence-corrected chi connectivity index (χ2v) is 5.32. The van der Waals surface area contributed by atoms with E-state index in [1.165, 1.54) is 15.8 Å². The van der Waals surface area contributed by atoms with Crippen LogP contribution in [0.3, 0.4) is 0 Å². The van der Waals surface area contributed by atoms with Gasteiger partial charge in [-0.25, -0.2) is 4.68 Å². The Kier molecular flexibility index (Phi) is 4.04. The number of anilines is 1. The molecule has 1 heterocycles. The number of nitrogens with zero attached hydrogens (tertiary/aromatic N) is 2. The lowest BCUT2D eigenvalue weighted by molar-refractivity contribution is 0.701. The summed E-state index contributed by atoms with van der Waals surface area (Å²) in [4.78, 5) is 11.8. The Morgan fingerprint density at radius 1 is 1.37 bits per heavy atom. The zero-order valence-corrected chi connectivity index (χ0v) is 12.7. The van der Waals surface area contributed by atoms with Gasteiger partial charge in [0, 0.05) is 13.1 Å². The number of halogens is 1. The molecule has 0 saturated heterocycles. The lowest BCUT2D eigenvalue weighted by Crippen LogP contribution is -2.22. The molecule has 1 atom stereocenters. The van der Waals surface area contributed by atoms with Crippen LogP contribution in [0.25, 0.3) is 0 Å². The van der Waals surface area contributed by atoms with Crippen LogP contribution in [0.5, 0.6) is 0 Å². The maximum atomic E-state index is 11.8. The smallest absolute Gasteiger partial charge is 0.282 e. The molecule has 0 fully saturated rings. The Morgan fingerprint density at radius 2 is 2.05 bits per heavy atom. The third-order valence-electron chi connectivity index (χ3n) is 3.11. The highest BCUT2D eigenvalue weighted by Gasteiger charge is 2.12. The van der Waals surface area contributed by atoms with Gasteiger partial charge in [-0.15, -0.1) is 0 Å². The summed E-state index contributed by atoms with van der Waals surface area (Å²) in [5, 5.41) is 7.33. The molecule has 0 spiro atoms. The van der Waals surface area contributed by atoms with Crippen LogP contribution in [0, 0.1) is 6.92 Å². The van der Waals surface area contributed by atoms with E-state index in [0.29, 0.717) is 10.2 Å². The minimum absolute atomic E-state index is 0.103. The molecule has 2 rings (SSSR count). The molecule has 0 unspecified atom stereocenters. The van der Waals surface area contributed by atoms with Gasteiger partial charge in [0.2, 0.25) is 0 Å². The zero-order valence-electron chi connectivity index (χ0n) is 11.1. The fraction of sp³-hybridized carbons (Fsp3) is 0.286. The maximum Gasteiger partial charge on any atom is 0.282 e. The van der Waals surface area contributed by atoms with Crippen LogP contribution in [0.4, 0.5) is 5.69 Å². The summed E-state index contributed by atoms with van der Waals surface area (Å²) in [6.45, 7) is 4.14. The molecule has 0 aliphatic rings. The van der Waals surface area contributed by atoms with Gasteiger partial charge in [-0.1, -0.05) is 24.3 Å². The number of hydrogen-bond acceptors (Lipinski definition) is 3. The molecule has 1 N–H and O–H groups in total. The third kappa shape index (κ3) is 2.87. The molecular weight excluding hydrogens is 306 g/mol. The second-order valence-electron chi connectivity index (χ2n) is 4.52. The molecule has 1 aromatic heterocycles. The van der Waals surface area contributed by atoms with Gasteiger partial charge in [-0.3, -0.25) is 4.79 Å². The Labute approximate surface area is 120 Å². The summed E-state index contributed by atoms with van der Waals surface area (Å²) < 4.78 is 1.80. The zero-order chi connectivity index (χ0) is 14.0. The molecule has 1 aromatic carbocycles. The van der Waals surface area contributed by atoms with E-state index in [1.807, 2.05) is 12.1 Å². The van der Waals surface area contributed by atoms with Crippen LogP contribution >= 0.6 is 15.9 Å². The van der Waals surface area contributed by atoms with E-state index in [9.17, 15) is 4.79 Å². The first-order chi connectivity index (χ1) is 9.00. The third-order valence-corrected chi connectivity index (χ3v) is 3.87. The first-order valence-corrected chi connectivity index (χ1v) is 6.84. The van der Waals surface area contributed by atoms with E-state index in [0.717, 1.165) is 0 Å². The van der Waals surface area contributed by atoms with Gasteiger partial charge in [0.15, 0.2) is 0 Å². The molecule has 0 aliphatic carbocycles. The maximum absolute atomic E-state index is 11.8. The summed E-state index contributed by atoms with van der Waals surface area (Å²) >= 11 is 3.31. The minimum atomic E-state index is -0.151. The first-order valence-electron chi connectivity index (χ1n) is 6.04. The van der Waals surface area contributed by atoms with Crippen molar-refractivity contribution in [1.82, 2.24) is 9.78 Å². The van der Waals surface area contributed by atoms with Gasteiger partial charge in [-0.2, -0.15) is 5.10 Å². The number of nitrogens with one attached hydrogen (secondary N) is 1. The fourth-order valence-electron chi connectivity index (χ4n) is 1.99. The van der Waals surface area contributed by atoms with E-state index >= 15 is 0 Å². The minimum Gasteiger partial charge on any atom is -0.376 e. The number of hydrogen-bond donors (Lipinski definition) is 1. The molecule has 4 nitrogen and oxygen atoms in total. The molecule has 0 amide bonds. The van der Waals surface area contributed by atoms with Gasteiger partial charge < -0.3 is 5.32 Å². The molecule has 0 radical (unpaired) electrons. The van der Waals surface area contributed by atoms with Gasteiger partial charge in [0.25, 0.3) is 5.56 Å². The molecular formula is C14H16BrN3O. The van der Waals surface area contributed by atoms with Crippen molar-refractivity contribution in [3.05, 3.63) is 56.4 Å². The molecule has 0 bridgehead atoms. The lowest BCUT2D eigenvalue weighted by atomic mass is 10.0. The highest BCUT2D eigenvalue weighted by atomic mass is 79.9. The summed E-state index contributed by atoms with van der Waals surface area (Å²) in [6, 6.07) is 8.28. The monoisotopic (exact) mass is 321 g/mol. The van der Waals surface area contributed by atoms with E-state index in [2.05, 4.69) is 52.3 Å². The van der Waals surface area contributed by atoms with Gasteiger partial charge in [-0.05, 0) is 40.9 Å². The van der Waals surface area contributed by atoms with Crippen molar-refractivity contribution >= 4 is 21.6 Å². The molecule has 19 heavy (non-hydrogen) atoms. The first kappa shape index (κ1) is 13.8. The molecule has 100 valence electrons. The van der Waals surface area contributed by atoms with E-state index < -0.39 is 0 Å². The lowest BCUT2D eigenvalue weighted by Gasteiger charge is -2.18. The highest BCUT2D eigenvalue weighted by Crippen LogP contribution is 2.24. The fourth-order valence-corrected chi connectivity index (χ4v) is 2.47. The number of benzene rings is 1. The predicted molar refractivity (Wildman–Crippen MR) is 80.4 cm³/mol. The van der Waals surface area contributed by atoms with E-state index in [4.69, 9.17) is 0 Å². The normalized spacial score (nSPS) is 12.2. The van der Waals surface area contributed by atoms with Crippen molar-refractivity contribution in [1.29, 1.82) is 0 Å². The Bertz CT molecular complexity index is 651. The summed E-state index contributed by atoms with van der Waals surface area (Å²) in [6.07, 6.45) is 1.65. The predicted octanol–water partition coefficient (Wildman–Crippen LogP) is 3.02. The van der Waals surface area contributed by atoms with Crippen LogP contribution in [0.15, 0.2) is 39.7 Å². The summed E-state index contributed by atoms with van der Waals surface area (Å²) in [5.41, 5.74) is 2.98. The van der Waals surface area contributed by atoms with Crippen molar-refractivity contribution in [2.24, 2.45) is 7.05 Å². The Balaban J connectivity index is 2.30. The molecule has 0 saturated carbocycles. The largest absolute Gasteiger partial charge is 0.376 e. The summed E-state index contributed by atoms with van der Waals surface area (Å²) in [5.74, 6) is 0. The van der Waals surface area contributed by atoms with Crippen molar-refractivity contribution in [2.45, 2.75) is 19.9 Å². The number of aromatic nitrogens is 2. The van der Waals surface area contributed by atoms with Crippen molar-refractivity contribution < 1.29 is 0 Å². The van der Waals surface area contributed by atoms with E-state index in [1.54, 1.807) is 13.2 Å². The van der Waals surface area contributed by atoms with E-state index in [-0.39, 0.29) is 11.6 Å². The standard InChI is InChI=1S/C14H16BrN3O/c1-9-6-4-5-7-11(9)10(2)17-12-8-16-18(3)14(19)13(12)15/h4-8,10,17H,1-3H3/t10-/m0/s1. The number of aryl methyl sites for hydroxylation is 2. The quantitative estimate of drug-likeness (QED) is 0.945. The SMILES string of the molecule is Cc1ccccc1[C@H](C)Nc1cnn(C)c(=O)c1Br. The van der Waals surface area contributed by atoms with Crippen molar-refractivity contribution in [2.75, 3.05) is 5.32 Å². The average molecular weight is 322 g/mol. The number of rotatable bonds is 3. The van der Waals surface area contributed by atoms with Crippen LogP contribution in [0.2, 0.25) is 0 Å². The van der Waals surface area contributed by atoms with Crippen molar-refractivity contribution in [3.8, 4) is 0 Å². The van der Waals surface area contributed by atoms with Gasteiger partial charge in [0.1, 0.15) is 4.47 Å². The van der Waals surface area contributed by atoms with Crippen LogP contribution < -0.4 is 10.9 Å². The highest BCUT2D eigenvalue weighted by molar-refractivity contribution is 9.10. The van der Waals surface area contributed by atoms with Crippen LogP contribution in [-0.4, -0.2) is 9.78 Å². The van der Waals surface area contributed by atoms with Crippen LogP contribution in [-0.2, 0) is 7.05 Å². The summed E-state index contributed by atoms with van der Waals surface area (Å²) in [7, 11) is 1.63. The van der Waals surface area contributed by atoms with Crippen molar-refractivity contribution in [3.63, 3.8) is 0 Å². The Morgan fingerprint density at radius 3 is 2.74 bits per heavy atom. The molecule has 0 aliphatic heterocycles. The van der Waals surface area contributed by atoms with Crippen LogP contribution in [0.1, 0.15) is 24.1 Å².